The molecule has 2 aromatic carbocycles. The van der Waals surface area contributed by atoms with Crippen molar-refractivity contribution in [3.63, 3.8) is 0 Å². The molecule has 0 amide bonds. The van der Waals surface area contributed by atoms with E-state index in [0.29, 0.717) is 16.3 Å². The third-order valence-electron chi connectivity index (χ3n) is 2.75. The molecule has 0 bridgehead atoms. The van der Waals surface area contributed by atoms with E-state index in [-0.39, 0.29) is 12.4 Å². The molecule has 0 aliphatic rings. The fourth-order valence-electron chi connectivity index (χ4n) is 1.74. The highest BCUT2D eigenvalue weighted by molar-refractivity contribution is 6.31. The van der Waals surface area contributed by atoms with Gasteiger partial charge < -0.3 is 9.47 Å². The van der Waals surface area contributed by atoms with E-state index < -0.39 is 5.82 Å². The summed E-state index contributed by atoms with van der Waals surface area (Å²) in [5, 5.41) is 0.535. The molecule has 0 spiro atoms. The van der Waals surface area contributed by atoms with Gasteiger partial charge in [-0.3, -0.25) is 0 Å². The Kier molecular flexibility index (Phi) is 4.27. The summed E-state index contributed by atoms with van der Waals surface area (Å²) in [6, 6.07) is 10.1. The number of methoxy groups -OCH3 is 1. The maximum atomic E-state index is 13.6. The lowest BCUT2D eigenvalue weighted by Gasteiger charge is -2.12. The first-order chi connectivity index (χ1) is 9.11. The maximum absolute atomic E-state index is 13.6. The number of hydrogen-bond acceptors (Lipinski definition) is 2. The SMILES string of the molecule is COc1cccc(Cl)c1COc1cc(C)ccc1F. The zero-order valence-electron chi connectivity index (χ0n) is 10.7. The van der Waals surface area contributed by atoms with Gasteiger partial charge in [-0.05, 0) is 36.8 Å². The third-order valence-corrected chi connectivity index (χ3v) is 3.11. The van der Waals surface area contributed by atoms with Crippen LogP contribution in [0.5, 0.6) is 11.5 Å². The highest BCUT2D eigenvalue weighted by Crippen LogP contribution is 2.28. The van der Waals surface area contributed by atoms with Crippen LogP contribution < -0.4 is 9.47 Å². The number of hydrogen-bond donors (Lipinski definition) is 0. The molecule has 0 saturated heterocycles. The zero-order valence-corrected chi connectivity index (χ0v) is 11.5. The maximum Gasteiger partial charge on any atom is 0.165 e. The van der Waals surface area contributed by atoms with E-state index in [4.69, 9.17) is 21.1 Å². The van der Waals surface area contributed by atoms with Crippen molar-refractivity contribution in [1.29, 1.82) is 0 Å². The van der Waals surface area contributed by atoms with Crippen LogP contribution in [0, 0.1) is 12.7 Å². The Hall–Kier alpha value is -1.74. The minimum absolute atomic E-state index is 0.156. The molecule has 0 heterocycles. The van der Waals surface area contributed by atoms with Gasteiger partial charge in [-0.1, -0.05) is 23.7 Å². The van der Waals surface area contributed by atoms with Crippen molar-refractivity contribution in [1.82, 2.24) is 0 Å². The van der Waals surface area contributed by atoms with Gasteiger partial charge in [0, 0.05) is 5.56 Å². The van der Waals surface area contributed by atoms with E-state index in [1.807, 2.05) is 6.92 Å². The first-order valence-electron chi connectivity index (χ1n) is 5.82. The smallest absolute Gasteiger partial charge is 0.165 e. The largest absolute Gasteiger partial charge is 0.496 e. The summed E-state index contributed by atoms with van der Waals surface area (Å²) in [5.74, 6) is 0.444. The Balaban J connectivity index is 2.21. The van der Waals surface area contributed by atoms with Crippen LogP contribution in [-0.4, -0.2) is 7.11 Å². The highest BCUT2D eigenvalue weighted by atomic mass is 35.5. The number of benzene rings is 2. The van der Waals surface area contributed by atoms with Gasteiger partial charge in [0.15, 0.2) is 11.6 Å². The Morgan fingerprint density at radius 1 is 1.16 bits per heavy atom. The van der Waals surface area contributed by atoms with Crippen molar-refractivity contribution < 1.29 is 13.9 Å². The van der Waals surface area contributed by atoms with Crippen molar-refractivity contribution in [2.24, 2.45) is 0 Å². The predicted molar refractivity (Wildman–Crippen MR) is 73.5 cm³/mol. The molecular weight excluding hydrogens is 267 g/mol. The minimum atomic E-state index is -0.392. The van der Waals surface area contributed by atoms with E-state index in [9.17, 15) is 4.39 Å². The fourth-order valence-corrected chi connectivity index (χ4v) is 1.96. The molecule has 0 saturated carbocycles. The molecule has 100 valence electrons. The second-order valence-corrected chi connectivity index (χ2v) is 4.55. The molecule has 0 radical (unpaired) electrons. The summed E-state index contributed by atoms with van der Waals surface area (Å²) in [6.07, 6.45) is 0. The van der Waals surface area contributed by atoms with Crippen molar-refractivity contribution in [3.8, 4) is 11.5 Å². The Bertz CT molecular complexity index is 584. The molecule has 2 rings (SSSR count). The summed E-state index contributed by atoms with van der Waals surface area (Å²) in [5.41, 5.74) is 1.63. The normalized spacial score (nSPS) is 10.3. The van der Waals surface area contributed by atoms with E-state index in [0.717, 1.165) is 5.56 Å². The predicted octanol–water partition coefficient (Wildman–Crippen LogP) is 4.38. The van der Waals surface area contributed by atoms with Crippen molar-refractivity contribution in [2.75, 3.05) is 7.11 Å². The first kappa shape index (κ1) is 13.7. The molecule has 0 aromatic heterocycles. The van der Waals surface area contributed by atoms with Crippen molar-refractivity contribution >= 4 is 11.6 Å². The van der Waals surface area contributed by atoms with E-state index in [1.165, 1.54) is 6.07 Å². The molecule has 0 aliphatic carbocycles. The average molecular weight is 281 g/mol. The van der Waals surface area contributed by atoms with E-state index in [1.54, 1.807) is 37.4 Å². The fraction of sp³-hybridized carbons (Fsp3) is 0.200. The number of halogens is 2. The van der Waals surface area contributed by atoms with Gasteiger partial charge in [-0.2, -0.15) is 0 Å². The second kappa shape index (κ2) is 5.93. The Morgan fingerprint density at radius 2 is 1.95 bits per heavy atom. The van der Waals surface area contributed by atoms with E-state index >= 15 is 0 Å². The van der Waals surface area contributed by atoms with Crippen LogP contribution in [0.4, 0.5) is 4.39 Å². The van der Waals surface area contributed by atoms with Gasteiger partial charge in [0.25, 0.3) is 0 Å². The summed E-state index contributed by atoms with van der Waals surface area (Å²) in [7, 11) is 1.56. The minimum Gasteiger partial charge on any atom is -0.496 e. The monoisotopic (exact) mass is 280 g/mol. The van der Waals surface area contributed by atoms with Crippen molar-refractivity contribution in [2.45, 2.75) is 13.5 Å². The number of ether oxygens (including phenoxy) is 2. The highest BCUT2D eigenvalue weighted by Gasteiger charge is 2.10. The summed E-state index contributed by atoms with van der Waals surface area (Å²) < 4.78 is 24.3. The zero-order chi connectivity index (χ0) is 13.8. The van der Waals surface area contributed by atoms with Gasteiger partial charge in [-0.25, -0.2) is 4.39 Å². The standard InChI is InChI=1S/C15H14ClFO2/c1-10-6-7-13(17)15(8-10)19-9-11-12(16)4-3-5-14(11)18-2/h3-8H,9H2,1-2H3. The summed E-state index contributed by atoms with van der Waals surface area (Å²) in [4.78, 5) is 0. The van der Waals surface area contributed by atoms with Crippen LogP contribution >= 0.6 is 11.6 Å². The Labute approximate surface area is 116 Å². The number of rotatable bonds is 4. The van der Waals surface area contributed by atoms with Crippen LogP contribution in [-0.2, 0) is 6.61 Å². The van der Waals surface area contributed by atoms with Gasteiger partial charge in [-0.15, -0.1) is 0 Å². The molecule has 4 heteroatoms. The van der Waals surface area contributed by atoms with Crippen molar-refractivity contribution in [3.05, 3.63) is 58.4 Å². The second-order valence-electron chi connectivity index (χ2n) is 4.14. The van der Waals surface area contributed by atoms with Crippen LogP contribution in [0.1, 0.15) is 11.1 Å². The molecular formula is C15H14ClFO2. The average Bonchev–Trinajstić information content (AvgIpc) is 2.40. The number of aryl methyl sites for hydroxylation is 1. The molecule has 0 unspecified atom stereocenters. The molecule has 0 aliphatic heterocycles. The van der Waals surface area contributed by atoms with Crippen LogP contribution in [0.25, 0.3) is 0 Å². The molecule has 0 atom stereocenters. The molecule has 0 fully saturated rings. The van der Waals surface area contributed by atoms with Gasteiger partial charge >= 0.3 is 0 Å². The molecule has 2 nitrogen and oxygen atoms in total. The van der Waals surface area contributed by atoms with Gasteiger partial charge in [0.2, 0.25) is 0 Å². The lowest BCUT2D eigenvalue weighted by Crippen LogP contribution is -2.01. The first-order valence-corrected chi connectivity index (χ1v) is 6.20. The third kappa shape index (κ3) is 3.18. The summed E-state index contributed by atoms with van der Waals surface area (Å²) >= 11 is 6.09. The quantitative estimate of drug-likeness (QED) is 0.828. The van der Waals surface area contributed by atoms with Gasteiger partial charge in [0.1, 0.15) is 12.4 Å². The van der Waals surface area contributed by atoms with Crippen LogP contribution in [0.3, 0.4) is 0 Å². The van der Waals surface area contributed by atoms with Gasteiger partial charge in [0.05, 0.1) is 12.1 Å². The topological polar surface area (TPSA) is 18.5 Å². The van der Waals surface area contributed by atoms with Crippen LogP contribution in [0.15, 0.2) is 36.4 Å². The molecule has 19 heavy (non-hydrogen) atoms. The summed E-state index contributed by atoms with van der Waals surface area (Å²) in [6.45, 7) is 2.03. The van der Waals surface area contributed by atoms with Crippen LogP contribution in [0.2, 0.25) is 5.02 Å². The lowest BCUT2D eigenvalue weighted by molar-refractivity contribution is 0.282. The molecule has 0 N–H and O–H groups in total. The molecule has 2 aromatic rings. The Morgan fingerprint density at radius 3 is 2.68 bits per heavy atom. The van der Waals surface area contributed by atoms with E-state index in [2.05, 4.69) is 0 Å². The lowest BCUT2D eigenvalue weighted by atomic mass is 10.2.